The molecule has 0 saturated carbocycles. The lowest BCUT2D eigenvalue weighted by Crippen LogP contribution is -2.55. The van der Waals surface area contributed by atoms with Crippen LogP contribution in [0.25, 0.3) is 5.57 Å². The standard InChI is InChI=1S/C24H23F2NO5/c1-4-31-20(28)13-19-21(15-8-6-5-7-9-15)23(30)27(14-32-19)24(2,3)22(29)16-10-17(25)12-18(26)11-16/h5-12H,4,13-14H2,1-3H3. The van der Waals surface area contributed by atoms with Crippen molar-refractivity contribution in [3.63, 3.8) is 0 Å². The van der Waals surface area contributed by atoms with E-state index in [-0.39, 0.29) is 36.7 Å². The number of hydrogen-bond acceptors (Lipinski definition) is 5. The van der Waals surface area contributed by atoms with Crippen LogP contribution in [-0.4, -0.2) is 41.4 Å². The number of esters is 1. The summed E-state index contributed by atoms with van der Waals surface area (Å²) in [6, 6.07) is 11.1. The molecule has 168 valence electrons. The fourth-order valence-corrected chi connectivity index (χ4v) is 3.48. The van der Waals surface area contributed by atoms with Gasteiger partial charge in [-0.15, -0.1) is 0 Å². The molecule has 3 rings (SSSR count). The molecule has 0 atom stereocenters. The van der Waals surface area contributed by atoms with Gasteiger partial charge in [-0.1, -0.05) is 30.3 Å². The van der Waals surface area contributed by atoms with Gasteiger partial charge in [0.15, 0.2) is 12.5 Å². The average molecular weight is 443 g/mol. The van der Waals surface area contributed by atoms with Crippen molar-refractivity contribution in [1.29, 1.82) is 0 Å². The van der Waals surface area contributed by atoms with Crippen LogP contribution in [0.2, 0.25) is 0 Å². The average Bonchev–Trinajstić information content (AvgIpc) is 2.73. The van der Waals surface area contributed by atoms with Crippen molar-refractivity contribution in [2.45, 2.75) is 32.7 Å². The Morgan fingerprint density at radius 2 is 1.72 bits per heavy atom. The lowest BCUT2D eigenvalue weighted by Gasteiger charge is -2.40. The zero-order valence-corrected chi connectivity index (χ0v) is 18.0. The summed E-state index contributed by atoms with van der Waals surface area (Å²) in [4.78, 5) is 39.9. The summed E-state index contributed by atoms with van der Waals surface area (Å²) in [6.07, 6.45) is -0.249. The van der Waals surface area contributed by atoms with E-state index in [0.717, 1.165) is 12.1 Å². The minimum absolute atomic E-state index is 0.121. The first kappa shape index (κ1) is 23.1. The Morgan fingerprint density at radius 1 is 1.09 bits per heavy atom. The smallest absolute Gasteiger partial charge is 0.313 e. The van der Waals surface area contributed by atoms with E-state index in [0.29, 0.717) is 11.6 Å². The molecule has 0 unspecified atom stereocenters. The first-order valence-electron chi connectivity index (χ1n) is 10.0. The van der Waals surface area contributed by atoms with Crippen molar-refractivity contribution in [1.82, 2.24) is 4.90 Å². The zero-order chi connectivity index (χ0) is 23.5. The molecule has 32 heavy (non-hydrogen) atoms. The predicted octanol–water partition coefficient (Wildman–Crippen LogP) is 4.11. The molecule has 0 N–H and O–H groups in total. The van der Waals surface area contributed by atoms with Gasteiger partial charge in [-0.2, -0.15) is 0 Å². The number of hydrogen-bond donors (Lipinski definition) is 0. The molecule has 0 spiro atoms. The molecule has 1 amide bonds. The van der Waals surface area contributed by atoms with Crippen LogP contribution in [0.5, 0.6) is 0 Å². The Bertz CT molecular complexity index is 1060. The van der Waals surface area contributed by atoms with Gasteiger partial charge in [-0.3, -0.25) is 19.3 Å². The summed E-state index contributed by atoms with van der Waals surface area (Å²) in [5, 5.41) is 0. The Morgan fingerprint density at radius 3 is 2.31 bits per heavy atom. The number of carbonyl (C=O) groups is 3. The normalized spacial score (nSPS) is 14.3. The first-order valence-corrected chi connectivity index (χ1v) is 10.0. The van der Waals surface area contributed by atoms with E-state index in [1.807, 2.05) is 0 Å². The highest BCUT2D eigenvalue weighted by Gasteiger charge is 2.43. The second-order valence-electron chi connectivity index (χ2n) is 7.70. The molecule has 0 aliphatic carbocycles. The van der Waals surface area contributed by atoms with Crippen LogP contribution >= 0.6 is 0 Å². The molecule has 2 aromatic carbocycles. The maximum absolute atomic E-state index is 13.7. The number of rotatable bonds is 7. The van der Waals surface area contributed by atoms with Crippen LogP contribution in [-0.2, 0) is 19.1 Å². The van der Waals surface area contributed by atoms with Gasteiger partial charge in [0.1, 0.15) is 29.4 Å². The van der Waals surface area contributed by atoms with Gasteiger partial charge >= 0.3 is 5.97 Å². The molecule has 0 fully saturated rings. The molecule has 0 radical (unpaired) electrons. The van der Waals surface area contributed by atoms with E-state index in [9.17, 15) is 23.2 Å². The van der Waals surface area contributed by atoms with E-state index >= 15 is 0 Å². The van der Waals surface area contributed by atoms with Gasteiger partial charge in [0.05, 0.1) is 12.2 Å². The topological polar surface area (TPSA) is 72.9 Å². The Balaban J connectivity index is 2.00. The van der Waals surface area contributed by atoms with E-state index in [1.165, 1.54) is 18.7 Å². The minimum atomic E-state index is -1.49. The van der Waals surface area contributed by atoms with Gasteiger partial charge in [0.25, 0.3) is 5.91 Å². The summed E-state index contributed by atoms with van der Waals surface area (Å²) < 4.78 is 38.1. The molecule has 1 heterocycles. The van der Waals surface area contributed by atoms with Gasteiger partial charge in [0.2, 0.25) is 0 Å². The molecule has 0 saturated heterocycles. The molecule has 6 nitrogen and oxygen atoms in total. The number of ether oxygens (including phenoxy) is 2. The van der Waals surface area contributed by atoms with Gasteiger partial charge < -0.3 is 9.47 Å². The third-order valence-electron chi connectivity index (χ3n) is 5.13. The molecule has 1 aliphatic heterocycles. The van der Waals surface area contributed by atoms with Crippen molar-refractivity contribution in [2.24, 2.45) is 0 Å². The van der Waals surface area contributed by atoms with Crippen LogP contribution in [0.4, 0.5) is 8.78 Å². The van der Waals surface area contributed by atoms with Crippen molar-refractivity contribution in [3.05, 3.63) is 77.1 Å². The van der Waals surface area contributed by atoms with Crippen LogP contribution in [0, 0.1) is 11.6 Å². The SMILES string of the molecule is CCOC(=O)CC1=C(c2ccccc2)C(=O)N(C(C)(C)C(=O)c2cc(F)cc(F)c2)CO1. The quantitative estimate of drug-likeness (QED) is 0.476. The Kier molecular flexibility index (Phi) is 6.72. The number of ketones is 1. The maximum atomic E-state index is 13.7. The highest BCUT2D eigenvalue weighted by molar-refractivity contribution is 6.22. The lowest BCUT2D eigenvalue weighted by atomic mass is 9.89. The third-order valence-corrected chi connectivity index (χ3v) is 5.13. The fraction of sp³-hybridized carbons (Fsp3) is 0.292. The van der Waals surface area contributed by atoms with E-state index in [1.54, 1.807) is 37.3 Å². The van der Waals surface area contributed by atoms with Gasteiger partial charge in [0, 0.05) is 11.6 Å². The molecule has 0 bridgehead atoms. The monoisotopic (exact) mass is 443 g/mol. The Hall–Kier alpha value is -3.55. The second-order valence-corrected chi connectivity index (χ2v) is 7.70. The van der Waals surface area contributed by atoms with Crippen LogP contribution < -0.4 is 0 Å². The fourth-order valence-electron chi connectivity index (χ4n) is 3.48. The summed E-state index contributed by atoms with van der Waals surface area (Å²) in [7, 11) is 0. The minimum Gasteiger partial charge on any atom is -0.476 e. The predicted molar refractivity (Wildman–Crippen MR) is 112 cm³/mol. The van der Waals surface area contributed by atoms with Crippen molar-refractivity contribution in [3.8, 4) is 0 Å². The lowest BCUT2D eigenvalue weighted by molar-refractivity contribution is -0.144. The van der Waals surface area contributed by atoms with Crippen molar-refractivity contribution >= 4 is 23.2 Å². The Labute approximate surface area is 184 Å². The summed E-state index contributed by atoms with van der Waals surface area (Å²) in [6.45, 7) is 4.47. The molecule has 8 heteroatoms. The maximum Gasteiger partial charge on any atom is 0.313 e. The summed E-state index contributed by atoms with van der Waals surface area (Å²) >= 11 is 0. The number of nitrogens with zero attached hydrogens (tertiary/aromatic N) is 1. The zero-order valence-electron chi connectivity index (χ0n) is 18.0. The number of benzene rings is 2. The van der Waals surface area contributed by atoms with Gasteiger partial charge in [-0.25, -0.2) is 8.78 Å². The van der Waals surface area contributed by atoms with Crippen LogP contribution in [0.1, 0.15) is 43.1 Å². The number of halogens is 2. The van der Waals surface area contributed by atoms with E-state index in [2.05, 4.69) is 0 Å². The largest absolute Gasteiger partial charge is 0.476 e. The second kappa shape index (κ2) is 9.30. The highest BCUT2D eigenvalue weighted by Crippen LogP contribution is 2.33. The molecule has 2 aromatic rings. The number of carbonyl (C=O) groups excluding carboxylic acids is 3. The third kappa shape index (κ3) is 4.69. The van der Waals surface area contributed by atoms with Crippen molar-refractivity contribution < 1.29 is 32.6 Å². The molecular formula is C24H23F2NO5. The molecule has 0 aromatic heterocycles. The number of Topliss-reactive ketones (excluding diaryl/α,β-unsaturated/α-hetero) is 1. The number of amides is 1. The van der Waals surface area contributed by atoms with E-state index in [4.69, 9.17) is 9.47 Å². The summed E-state index contributed by atoms with van der Waals surface area (Å²) in [5.41, 5.74) is -1.08. The highest BCUT2D eigenvalue weighted by atomic mass is 19.1. The van der Waals surface area contributed by atoms with E-state index < -0.39 is 34.8 Å². The first-order chi connectivity index (χ1) is 15.1. The van der Waals surface area contributed by atoms with Crippen LogP contribution in [0.3, 0.4) is 0 Å². The molecule has 1 aliphatic rings. The van der Waals surface area contributed by atoms with Crippen LogP contribution in [0.15, 0.2) is 54.3 Å². The molecular weight excluding hydrogens is 420 g/mol. The van der Waals surface area contributed by atoms with Crippen molar-refractivity contribution in [2.75, 3.05) is 13.3 Å². The van der Waals surface area contributed by atoms with Gasteiger partial charge in [-0.05, 0) is 38.5 Å². The summed E-state index contributed by atoms with van der Waals surface area (Å²) in [5.74, 6) is -3.41.